The first-order valence-corrected chi connectivity index (χ1v) is 7.44. The van der Waals surface area contributed by atoms with Gasteiger partial charge in [-0.3, -0.25) is 4.79 Å². The molecule has 1 aromatic heterocycles. The minimum Gasteiger partial charge on any atom is -0.368 e. The van der Waals surface area contributed by atoms with Gasteiger partial charge in [-0.15, -0.1) is 5.10 Å². The van der Waals surface area contributed by atoms with Gasteiger partial charge in [-0.1, -0.05) is 23.7 Å². The second-order valence-electron chi connectivity index (χ2n) is 5.32. The van der Waals surface area contributed by atoms with Crippen LogP contribution in [0.1, 0.15) is 21.5 Å². The molecule has 0 aliphatic carbocycles. The summed E-state index contributed by atoms with van der Waals surface area (Å²) in [6.07, 6.45) is 0. The van der Waals surface area contributed by atoms with Crippen molar-refractivity contribution in [1.82, 2.24) is 14.8 Å². The van der Waals surface area contributed by atoms with Crippen LogP contribution in [0, 0.1) is 13.8 Å². The molecule has 1 heterocycles. The zero-order valence-corrected chi connectivity index (χ0v) is 13.5. The quantitative estimate of drug-likeness (QED) is 0.782. The van der Waals surface area contributed by atoms with Gasteiger partial charge >= 0.3 is 0 Å². The zero-order chi connectivity index (χ0) is 16.6. The van der Waals surface area contributed by atoms with E-state index in [1.54, 1.807) is 24.3 Å². The van der Waals surface area contributed by atoms with Crippen LogP contribution in [0.3, 0.4) is 0 Å². The van der Waals surface area contributed by atoms with Crippen LogP contribution in [0.2, 0.25) is 5.02 Å². The number of anilines is 1. The highest BCUT2D eigenvalue weighted by Gasteiger charge is 2.17. The van der Waals surface area contributed by atoms with E-state index in [9.17, 15) is 4.79 Å². The molecule has 3 rings (SSSR count). The molecule has 0 bridgehead atoms. The summed E-state index contributed by atoms with van der Waals surface area (Å²) in [5.41, 5.74) is 9.43. The van der Waals surface area contributed by atoms with Crippen LogP contribution >= 0.6 is 11.6 Å². The predicted molar refractivity (Wildman–Crippen MR) is 90.5 cm³/mol. The van der Waals surface area contributed by atoms with Gasteiger partial charge in [-0.2, -0.15) is 9.67 Å². The molecule has 0 atom stereocenters. The highest BCUT2D eigenvalue weighted by molar-refractivity contribution is 6.30. The number of aryl methyl sites for hydroxylation is 2. The van der Waals surface area contributed by atoms with Crippen molar-refractivity contribution in [3.63, 3.8) is 0 Å². The second kappa shape index (κ2) is 5.85. The minimum atomic E-state index is -0.346. The van der Waals surface area contributed by atoms with Gasteiger partial charge in [0.2, 0.25) is 5.95 Å². The molecule has 116 valence electrons. The van der Waals surface area contributed by atoms with Crippen LogP contribution in [0.4, 0.5) is 5.95 Å². The Morgan fingerprint density at radius 2 is 1.78 bits per heavy atom. The number of aromatic nitrogens is 3. The molecule has 0 saturated heterocycles. The third kappa shape index (κ3) is 2.96. The van der Waals surface area contributed by atoms with Crippen molar-refractivity contribution in [2.45, 2.75) is 13.8 Å². The van der Waals surface area contributed by atoms with Crippen molar-refractivity contribution in [1.29, 1.82) is 0 Å². The van der Waals surface area contributed by atoms with Crippen LogP contribution in [-0.4, -0.2) is 20.7 Å². The summed E-state index contributed by atoms with van der Waals surface area (Å²) < 4.78 is 1.10. The Bertz CT molecular complexity index is 884. The standard InChI is InChI=1S/C17H15ClN4O/c1-10-3-4-13(9-11(10)2)15-20-17(19)22(21-15)16(23)12-5-7-14(18)8-6-12/h3-9H,1-2H3,(H2,19,20,21). The first kappa shape index (κ1) is 15.2. The van der Waals surface area contributed by atoms with Gasteiger partial charge in [0.25, 0.3) is 5.91 Å². The van der Waals surface area contributed by atoms with E-state index in [2.05, 4.69) is 10.1 Å². The number of nitrogens with zero attached hydrogens (tertiary/aromatic N) is 3. The first-order valence-electron chi connectivity index (χ1n) is 7.06. The van der Waals surface area contributed by atoms with E-state index >= 15 is 0 Å². The fraction of sp³-hybridized carbons (Fsp3) is 0.118. The maximum Gasteiger partial charge on any atom is 0.281 e. The Morgan fingerprint density at radius 1 is 1.09 bits per heavy atom. The summed E-state index contributed by atoms with van der Waals surface area (Å²) in [6.45, 7) is 4.04. The van der Waals surface area contributed by atoms with Crippen molar-refractivity contribution in [3.05, 3.63) is 64.2 Å². The molecule has 0 fully saturated rings. The number of halogens is 1. The maximum atomic E-state index is 12.5. The highest BCUT2D eigenvalue weighted by Crippen LogP contribution is 2.21. The smallest absolute Gasteiger partial charge is 0.281 e. The summed E-state index contributed by atoms with van der Waals surface area (Å²) in [7, 11) is 0. The molecule has 0 amide bonds. The molecule has 0 radical (unpaired) electrons. The number of hydrogen-bond donors (Lipinski definition) is 1. The Hall–Kier alpha value is -2.66. The van der Waals surface area contributed by atoms with Gasteiger partial charge in [-0.05, 0) is 55.3 Å². The lowest BCUT2D eigenvalue weighted by molar-refractivity contribution is 0.0948. The van der Waals surface area contributed by atoms with Gasteiger partial charge in [-0.25, -0.2) is 0 Å². The molecule has 0 spiro atoms. The van der Waals surface area contributed by atoms with Gasteiger partial charge < -0.3 is 5.73 Å². The van der Waals surface area contributed by atoms with Crippen molar-refractivity contribution < 1.29 is 4.79 Å². The predicted octanol–water partition coefficient (Wildman–Crippen LogP) is 3.49. The lowest BCUT2D eigenvalue weighted by Gasteiger charge is -2.02. The van der Waals surface area contributed by atoms with Gasteiger partial charge in [0.1, 0.15) is 0 Å². The molecule has 0 unspecified atom stereocenters. The van der Waals surface area contributed by atoms with E-state index in [0.717, 1.165) is 15.8 Å². The third-order valence-corrected chi connectivity index (χ3v) is 3.93. The highest BCUT2D eigenvalue weighted by atomic mass is 35.5. The number of carbonyl (C=O) groups is 1. The summed E-state index contributed by atoms with van der Waals surface area (Å²) >= 11 is 5.83. The van der Waals surface area contributed by atoms with E-state index in [1.165, 1.54) is 5.56 Å². The van der Waals surface area contributed by atoms with Gasteiger partial charge in [0.05, 0.1) is 0 Å². The Morgan fingerprint density at radius 3 is 2.43 bits per heavy atom. The summed E-state index contributed by atoms with van der Waals surface area (Å²) in [4.78, 5) is 16.7. The lowest BCUT2D eigenvalue weighted by atomic mass is 10.1. The normalized spacial score (nSPS) is 10.7. The molecule has 2 N–H and O–H groups in total. The first-order chi connectivity index (χ1) is 11.0. The number of nitrogen functional groups attached to an aromatic ring is 1. The average molecular weight is 327 g/mol. The summed E-state index contributed by atoms with van der Waals surface area (Å²) in [5.74, 6) is 0.132. The summed E-state index contributed by atoms with van der Waals surface area (Å²) in [6, 6.07) is 12.4. The van der Waals surface area contributed by atoms with Crippen LogP contribution < -0.4 is 5.73 Å². The average Bonchev–Trinajstić information content (AvgIpc) is 2.92. The Balaban J connectivity index is 1.99. The maximum absolute atomic E-state index is 12.5. The van der Waals surface area contributed by atoms with Crippen LogP contribution in [0.25, 0.3) is 11.4 Å². The second-order valence-corrected chi connectivity index (χ2v) is 5.75. The zero-order valence-electron chi connectivity index (χ0n) is 12.7. The fourth-order valence-corrected chi connectivity index (χ4v) is 2.32. The molecular formula is C17H15ClN4O. The summed E-state index contributed by atoms with van der Waals surface area (Å²) in [5, 5.41) is 4.81. The van der Waals surface area contributed by atoms with Crippen LogP contribution in [0.15, 0.2) is 42.5 Å². The molecule has 3 aromatic rings. The van der Waals surface area contributed by atoms with Gasteiger partial charge in [0, 0.05) is 16.1 Å². The molecule has 0 aliphatic rings. The molecule has 0 aliphatic heterocycles. The SMILES string of the molecule is Cc1ccc(-c2nc(N)n(C(=O)c3ccc(Cl)cc3)n2)cc1C. The fourth-order valence-electron chi connectivity index (χ4n) is 2.19. The van der Waals surface area contributed by atoms with E-state index in [1.807, 2.05) is 32.0 Å². The van der Waals surface area contributed by atoms with Gasteiger partial charge in [0.15, 0.2) is 5.82 Å². The third-order valence-electron chi connectivity index (χ3n) is 3.68. The number of benzene rings is 2. The largest absolute Gasteiger partial charge is 0.368 e. The molecule has 6 heteroatoms. The van der Waals surface area contributed by atoms with Crippen LogP contribution in [-0.2, 0) is 0 Å². The number of carbonyl (C=O) groups excluding carboxylic acids is 1. The topological polar surface area (TPSA) is 73.8 Å². The monoisotopic (exact) mass is 326 g/mol. The number of hydrogen-bond acceptors (Lipinski definition) is 4. The van der Waals surface area contributed by atoms with Crippen molar-refractivity contribution in [2.24, 2.45) is 0 Å². The van der Waals surface area contributed by atoms with Crippen molar-refractivity contribution >= 4 is 23.5 Å². The van der Waals surface area contributed by atoms with Crippen LogP contribution in [0.5, 0.6) is 0 Å². The van der Waals surface area contributed by atoms with E-state index in [-0.39, 0.29) is 11.9 Å². The lowest BCUT2D eigenvalue weighted by Crippen LogP contribution is -2.16. The van der Waals surface area contributed by atoms with E-state index in [4.69, 9.17) is 17.3 Å². The molecular weight excluding hydrogens is 312 g/mol. The molecule has 23 heavy (non-hydrogen) atoms. The van der Waals surface area contributed by atoms with E-state index < -0.39 is 0 Å². The molecule has 0 saturated carbocycles. The minimum absolute atomic E-state index is 0.0539. The number of rotatable bonds is 2. The van der Waals surface area contributed by atoms with Crippen molar-refractivity contribution in [3.8, 4) is 11.4 Å². The Kier molecular flexibility index (Phi) is 3.88. The van der Waals surface area contributed by atoms with Crippen molar-refractivity contribution in [2.75, 3.05) is 5.73 Å². The Labute approximate surface area is 138 Å². The van der Waals surface area contributed by atoms with E-state index in [0.29, 0.717) is 16.4 Å². The molecule has 2 aromatic carbocycles. The number of nitrogens with two attached hydrogens (primary N) is 1. The molecule has 5 nitrogen and oxygen atoms in total.